The van der Waals surface area contributed by atoms with Gasteiger partial charge in [0.15, 0.2) is 0 Å². The van der Waals surface area contributed by atoms with E-state index >= 15 is 0 Å². The van der Waals surface area contributed by atoms with Crippen molar-refractivity contribution in [3.8, 4) is 11.6 Å². The predicted molar refractivity (Wildman–Crippen MR) is 83.2 cm³/mol. The van der Waals surface area contributed by atoms with Crippen molar-refractivity contribution < 1.29 is 4.74 Å². The molecule has 3 rings (SSSR count). The molecule has 0 amide bonds. The minimum atomic E-state index is 0.561. The number of hydrogen-bond acceptors (Lipinski definition) is 3. The molecule has 1 aromatic heterocycles. The first-order valence-electron chi connectivity index (χ1n) is 6.31. The van der Waals surface area contributed by atoms with E-state index in [9.17, 15) is 0 Å². The molecule has 0 spiro atoms. The molecular formula is C16H13BrN2O. The smallest absolute Gasteiger partial charge is 0.222 e. The monoisotopic (exact) mass is 328 g/mol. The van der Waals surface area contributed by atoms with Crippen molar-refractivity contribution >= 4 is 26.7 Å². The maximum Gasteiger partial charge on any atom is 0.222 e. The van der Waals surface area contributed by atoms with Crippen molar-refractivity contribution in [2.45, 2.75) is 13.8 Å². The van der Waals surface area contributed by atoms with Crippen LogP contribution in [0, 0.1) is 13.8 Å². The number of hydrogen-bond donors (Lipinski definition) is 0. The average molecular weight is 329 g/mol. The molecule has 0 atom stereocenters. The highest BCUT2D eigenvalue weighted by Crippen LogP contribution is 2.35. The SMILES string of the molecule is Cc1cc(Oc2ccc3ccccc3c2Br)nc(C)n1. The molecule has 2 aromatic carbocycles. The molecule has 0 unspecified atom stereocenters. The number of aryl methyl sites for hydroxylation is 2. The quantitative estimate of drug-likeness (QED) is 0.677. The molecule has 0 saturated heterocycles. The van der Waals surface area contributed by atoms with E-state index < -0.39 is 0 Å². The van der Waals surface area contributed by atoms with Crippen LogP contribution >= 0.6 is 15.9 Å². The van der Waals surface area contributed by atoms with Crippen LogP contribution < -0.4 is 4.74 Å². The van der Waals surface area contributed by atoms with Crippen LogP contribution in [0.15, 0.2) is 46.9 Å². The van der Waals surface area contributed by atoms with Crippen LogP contribution in [0.25, 0.3) is 10.8 Å². The number of rotatable bonds is 2. The summed E-state index contributed by atoms with van der Waals surface area (Å²) in [6.07, 6.45) is 0. The second-order valence-electron chi connectivity index (χ2n) is 4.60. The van der Waals surface area contributed by atoms with Gasteiger partial charge in [0.2, 0.25) is 5.88 Å². The molecular weight excluding hydrogens is 316 g/mol. The Morgan fingerprint density at radius 1 is 1.00 bits per heavy atom. The lowest BCUT2D eigenvalue weighted by atomic mass is 10.1. The largest absolute Gasteiger partial charge is 0.438 e. The zero-order valence-corrected chi connectivity index (χ0v) is 12.8. The van der Waals surface area contributed by atoms with Crippen molar-refractivity contribution in [1.82, 2.24) is 9.97 Å². The first-order valence-corrected chi connectivity index (χ1v) is 7.10. The summed E-state index contributed by atoms with van der Waals surface area (Å²) < 4.78 is 6.82. The third-order valence-corrected chi connectivity index (χ3v) is 3.80. The van der Waals surface area contributed by atoms with Gasteiger partial charge in [0.05, 0.1) is 4.47 Å². The van der Waals surface area contributed by atoms with E-state index in [0.717, 1.165) is 21.3 Å². The summed E-state index contributed by atoms with van der Waals surface area (Å²) in [5, 5.41) is 2.29. The van der Waals surface area contributed by atoms with Crippen LogP contribution in [0.4, 0.5) is 0 Å². The second-order valence-corrected chi connectivity index (χ2v) is 5.39. The molecule has 0 bridgehead atoms. The molecule has 100 valence electrons. The first kappa shape index (κ1) is 13.1. The number of fused-ring (bicyclic) bond motifs is 1. The van der Waals surface area contributed by atoms with Gasteiger partial charge < -0.3 is 4.74 Å². The molecule has 0 radical (unpaired) electrons. The van der Waals surface area contributed by atoms with Crippen LogP contribution in [0.3, 0.4) is 0 Å². The Bertz CT molecular complexity index is 766. The normalized spacial score (nSPS) is 10.8. The van der Waals surface area contributed by atoms with Crippen LogP contribution in [0.1, 0.15) is 11.5 Å². The van der Waals surface area contributed by atoms with E-state index in [1.54, 1.807) is 0 Å². The van der Waals surface area contributed by atoms with Crippen LogP contribution in [0.5, 0.6) is 11.6 Å². The van der Waals surface area contributed by atoms with Gasteiger partial charge in [-0.2, -0.15) is 4.98 Å². The van der Waals surface area contributed by atoms with Crippen LogP contribution in [0.2, 0.25) is 0 Å². The van der Waals surface area contributed by atoms with Gasteiger partial charge in [0, 0.05) is 11.8 Å². The Labute approximate surface area is 125 Å². The van der Waals surface area contributed by atoms with Gasteiger partial charge in [-0.3, -0.25) is 0 Å². The molecule has 3 aromatic rings. The lowest BCUT2D eigenvalue weighted by Crippen LogP contribution is -1.95. The Kier molecular flexibility index (Phi) is 3.40. The highest BCUT2D eigenvalue weighted by Gasteiger charge is 2.08. The number of ether oxygens (including phenoxy) is 1. The number of nitrogens with zero attached hydrogens (tertiary/aromatic N) is 2. The zero-order chi connectivity index (χ0) is 14.1. The Morgan fingerprint density at radius 2 is 1.80 bits per heavy atom. The summed E-state index contributed by atoms with van der Waals surface area (Å²) >= 11 is 3.61. The van der Waals surface area contributed by atoms with Crippen molar-refractivity contribution in [1.29, 1.82) is 0 Å². The lowest BCUT2D eigenvalue weighted by Gasteiger charge is -2.10. The fourth-order valence-corrected chi connectivity index (χ4v) is 2.71. The lowest BCUT2D eigenvalue weighted by molar-refractivity contribution is 0.457. The molecule has 0 N–H and O–H groups in total. The van der Waals surface area contributed by atoms with Crippen molar-refractivity contribution in [2.24, 2.45) is 0 Å². The zero-order valence-electron chi connectivity index (χ0n) is 11.2. The molecule has 0 saturated carbocycles. The number of benzene rings is 2. The van der Waals surface area contributed by atoms with Crippen molar-refractivity contribution in [3.05, 3.63) is 58.5 Å². The second kappa shape index (κ2) is 5.21. The van der Waals surface area contributed by atoms with Gasteiger partial charge in [-0.15, -0.1) is 0 Å². The van der Waals surface area contributed by atoms with E-state index in [2.05, 4.69) is 38.0 Å². The van der Waals surface area contributed by atoms with E-state index in [-0.39, 0.29) is 0 Å². The van der Waals surface area contributed by atoms with Gasteiger partial charge in [-0.25, -0.2) is 4.98 Å². The maximum atomic E-state index is 5.88. The third kappa shape index (κ3) is 2.51. The Hall–Kier alpha value is -1.94. The average Bonchev–Trinajstić information content (AvgIpc) is 2.41. The standard InChI is InChI=1S/C16H13BrN2O/c1-10-9-15(19-11(2)18-10)20-14-8-7-12-5-3-4-6-13(12)16(14)17/h3-9H,1-2H3. The maximum absolute atomic E-state index is 5.88. The molecule has 0 aliphatic carbocycles. The van der Waals surface area contributed by atoms with Crippen molar-refractivity contribution in [2.75, 3.05) is 0 Å². The van der Waals surface area contributed by atoms with Crippen molar-refractivity contribution in [3.63, 3.8) is 0 Å². The van der Waals surface area contributed by atoms with E-state index in [0.29, 0.717) is 11.7 Å². The minimum absolute atomic E-state index is 0.561. The fourth-order valence-electron chi connectivity index (χ4n) is 2.14. The fraction of sp³-hybridized carbons (Fsp3) is 0.125. The summed E-state index contributed by atoms with van der Waals surface area (Å²) in [6, 6.07) is 14.0. The topological polar surface area (TPSA) is 35.0 Å². The summed E-state index contributed by atoms with van der Waals surface area (Å²) in [6.45, 7) is 3.78. The summed E-state index contributed by atoms with van der Waals surface area (Å²) in [5.41, 5.74) is 0.893. The molecule has 0 aliphatic heterocycles. The Morgan fingerprint density at radius 3 is 2.60 bits per heavy atom. The number of aromatic nitrogens is 2. The van der Waals surface area contributed by atoms with E-state index in [1.807, 2.05) is 44.2 Å². The van der Waals surface area contributed by atoms with Gasteiger partial charge in [0.1, 0.15) is 11.6 Å². The molecule has 0 aliphatic rings. The number of halogens is 1. The Balaban J connectivity index is 2.04. The van der Waals surface area contributed by atoms with Gasteiger partial charge in [0.25, 0.3) is 0 Å². The highest BCUT2D eigenvalue weighted by atomic mass is 79.9. The van der Waals surface area contributed by atoms with Gasteiger partial charge in [-0.1, -0.05) is 30.3 Å². The van der Waals surface area contributed by atoms with Crippen LogP contribution in [-0.2, 0) is 0 Å². The highest BCUT2D eigenvalue weighted by molar-refractivity contribution is 9.10. The van der Waals surface area contributed by atoms with E-state index in [1.165, 1.54) is 5.39 Å². The molecule has 4 heteroatoms. The third-order valence-electron chi connectivity index (χ3n) is 2.98. The minimum Gasteiger partial charge on any atom is -0.438 e. The van der Waals surface area contributed by atoms with E-state index in [4.69, 9.17) is 4.74 Å². The van der Waals surface area contributed by atoms with Gasteiger partial charge in [-0.05, 0) is 46.6 Å². The summed E-state index contributed by atoms with van der Waals surface area (Å²) in [7, 11) is 0. The summed E-state index contributed by atoms with van der Waals surface area (Å²) in [5.74, 6) is 2.02. The van der Waals surface area contributed by atoms with Gasteiger partial charge >= 0.3 is 0 Å². The first-order chi connectivity index (χ1) is 9.63. The summed E-state index contributed by atoms with van der Waals surface area (Å²) in [4.78, 5) is 8.54. The molecule has 1 heterocycles. The van der Waals surface area contributed by atoms with Crippen LogP contribution in [-0.4, -0.2) is 9.97 Å². The molecule has 20 heavy (non-hydrogen) atoms. The molecule has 3 nitrogen and oxygen atoms in total. The molecule has 0 fully saturated rings. The predicted octanol–water partition coefficient (Wildman–Crippen LogP) is 4.80.